The van der Waals surface area contributed by atoms with Gasteiger partial charge in [-0.2, -0.15) is 0 Å². The number of nitrogens with one attached hydrogen (secondary N) is 2. The fraction of sp³-hybridized carbons (Fsp3) is 0.611. The molecule has 2 bridgehead atoms. The van der Waals surface area contributed by atoms with Crippen molar-refractivity contribution in [1.82, 2.24) is 4.72 Å². The number of amides is 1. The van der Waals surface area contributed by atoms with E-state index in [9.17, 15) is 13.2 Å². The van der Waals surface area contributed by atoms with Gasteiger partial charge in [0, 0.05) is 18.7 Å². The molecule has 2 N–H and O–H groups in total. The number of carbonyl (C=O) groups is 1. The van der Waals surface area contributed by atoms with Crippen LogP contribution in [0.15, 0.2) is 29.2 Å². The Kier molecular flexibility index (Phi) is 4.04. The van der Waals surface area contributed by atoms with Crippen LogP contribution in [0.25, 0.3) is 0 Å². The molecule has 1 aromatic carbocycles. The van der Waals surface area contributed by atoms with Gasteiger partial charge in [-0.05, 0) is 60.3 Å². The molecule has 3 atom stereocenters. The second-order valence-electron chi connectivity index (χ2n) is 7.99. The lowest BCUT2D eigenvalue weighted by molar-refractivity contribution is -0.114. The zero-order valence-electron chi connectivity index (χ0n) is 14.7. The summed E-state index contributed by atoms with van der Waals surface area (Å²) in [4.78, 5) is 11.3. The first-order valence-electron chi connectivity index (χ1n) is 8.46. The third-order valence-electron chi connectivity index (χ3n) is 6.58. The van der Waals surface area contributed by atoms with Gasteiger partial charge < -0.3 is 5.32 Å². The van der Waals surface area contributed by atoms with Crippen molar-refractivity contribution in [3.8, 4) is 0 Å². The maximum Gasteiger partial charge on any atom is 0.240 e. The van der Waals surface area contributed by atoms with Gasteiger partial charge in [-0.15, -0.1) is 0 Å². The van der Waals surface area contributed by atoms with Crippen LogP contribution in [0, 0.1) is 16.7 Å². The summed E-state index contributed by atoms with van der Waals surface area (Å²) in [6, 6.07) is 6.28. The van der Waals surface area contributed by atoms with E-state index in [2.05, 4.69) is 30.8 Å². The molecule has 1 amide bonds. The minimum absolute atomic E-state index is 0.000856. The molecule has 0 aromatic heterocycles. The summed E-state index contributed by atoms with van der Waals surface area (Å²) in [7, 11) is -3.56. The molecule has 0 aliphatic heterocycles. The molecular formula is C18H26N2O3S. The van der Waals surface area contributed by atoms with E-state index in [0.29, 0.717) is 11.6 Å². The molecule has 132 valence electrons. The van der Waals surface area contributed by atoms with Crippen molar-refractivity contribution in [2.45, 2.75) is 57.9 Å². The van der Waals surface area contributed by atoms with E-state index in [-0.39, 0.29) is 27.7 Å². The Morgan fingerprint density at radius 2 is 1.79 bits per heavy atom. The average molecular weight is 350 g/mol. The summed E-state index contributed by atoms with van der Waals surface area (Å²) in [6.07, 6.45) is 3.17. The van der Waals surface area contributed by atoms with Crippen LogP contribution in [0.1, 0.15) is 47.0 Å². The van der Waals surface area contributed by atoms with E-state index >= 15 is 0 Å². The number of fused-ring (bicyclic) bond motifs is 2. The molecule has 0 saturated heterocycles. The molecule has 0 heterocycles. The van der Waals surface area contributed by atoms with Crippen molar-refractivity contribution >= 4 is 21.6 Å². The predicted molar refractivity (Wildman–Crippen MR) is 94.1 cm³/mol. The minimum Gasteiger partial charge on any atom is -0.326 e. The van der Waals surface area contributed by atoms with E-state index in [1.54, 1.807) is 12.1 Å². The van der Waals surface area contributed by atoms with E-state index in [1.807, 2.05) is 0 Å². The number of sulfonamides is 1. The standard InChI is InChI=1S/C18H26N2O3S/c1-12(21)19-14-5-7-15(8-6-14)24(22,23)20-16-11-13-9-10-18(16,4)17(13,2)3/h5-8,13,16,20H,9-11H2,1-4H3,(H,19,21)/t13-,16-,18-/m1/s1. The van der Waals surface area contributed by atoms with Gasteiger partial charge in [0.15, 0.2) is 0 Å². The summed E-state index contributed by atoms with van der Waals surface area (Å²) in [6.45, 7) is 8.17. The SMILES string of the molecule is CC(=O)Nc1ccc(S(=O)(=O)N[C@@H]2C[C@H]3CC[C@@]2(C)C3(C)C)cc1. The second-order valence-corrected chi connectivity index (χ2v) is 9.70. The molecule has 2 saturated carbocycles. The number of rotatable bonds is 4. The first kappa shape index (κ1) is 17.4. The van der Waals surface area contributed by atoms with Crippen LogP contribution in [0.3, 0.4) is 0 Å². The molecule has 1 aromatic rings. The lowest BCUT2D eigenvalue weighted by Crippen LogP contribution is -2.46. The normalized spacial score (nSPS) is 31.2. The zero-order chi connectivity index (χ0) is 17.8. The van der Waals surface area contributed by atoms with Crippen LogP contribution in [-0.2, 0) is 14.8 Å². The Balaban J connectivity index is 1.79. The number of benzene rings is 1. The van der Waals surface area contributed by atoms with Crippen molar-refractivity contribution in [2.75, 3.05) is 5.32 Å². The number of carbonyl (C=O) groups excluding carboxylic acids is 1. The largest absolute Gasteiger partial charge is 0.326 e. The molecule has 3 rings (SSSR count). The maximum absolute atomic E-state index is 12.8. The fourth-order valence-electron chi connectivity index (χ4n) is 4.56. The summed E-state index contributed by atoms with van der Waals surface area (Å²) in [5.41, 5.74) is 0.755. The van der Waals surface area contributed by atoms with Gasteiger partial charge in [-0.1, -0.05) is 20.8 Å². The highest BCUT2D eigenvalue weighted by Crippen LogP contribution is 2.65. The molecule has 5 nitrogen and oxygen atoms in total. The average Bonchev–Trinajstić information content (AvgIpc) is 2.80. The highest BCUT2D eigenvalue weighted by molar-refractivity contribution is 7.89. The molecule has 2 aliphatic carbocycles. The molecule has 0 spiro atoms. The Morgan fingerprint density at radius 3 is 2.25 bits per heavy atom. The van der Waals surface area contributed by atoms with Crippen LogP contribution >= 0.6 is 0 Å². The zero-order valence-corrected chi connectivity index (χ0v) is 15.5. The number of anilines is 1. The van der Waals surface area contributed by atoms with Crippen LogP contribution in [0.5, 0.6) is 0 Å². The lowest BCUT2D eigenvalue weighted by Gasteiger charge is -2.39. The van der Waals surface area contributed by atoms with E-state index < -0.39 is 10.0 Å². The highest BCUT2D eigenvalue weighted by Gasteiger charge is 2.61. The van der Waals surface area contributed by atoms with Gasteiger partial charge in [0.1, 0.15) is 0 Å². The first-order valence-corrected chi connectivity index (χ1v) is 9.94. The third kappa shape index (κ3) is 2.65. The molecule has 2 aliphatic rings. The minimum atomic E-state index is -3.56. The van der Waals surface area contributed by atoms with Gasteiger partial charge in [-0.3, -0.25) is 4.79 Å². The van der Waals surface area contributed by atoms with E-state index in [1.165, 1.54) is 25.5 Å². The number of hydrogen-bond acceptors (Lipinski definition) is 3. The van der Waals surface area contributed by atoms with Crippen molar-refractivity contribution in [1.29, 1.82) is 0 Å². The summed E-state index contributed by atoms with van der Waals surface area (Å²) < 4.78 is 28.4. The Hall–Kier alpha value is -1.40. The van der Waals surface area contributed by atoms with Gasteiger partial charge in [-0.25, -0.2) is 13.1 Å². The van der Waals surface area contributed by atoms with Gasteiger partial charge >= 0.3 is 0 Å². The Morgan fingerprint density at radius 1 is 1.17 bits per heavy atom. The molecule has 2 fully saturated rings. The van der Waals surface area contributed by atoms with Gasteiger partial charge in [0.2, 0.25) is 15.9 Å². The van der Waals surface area contributed by atoms with Crippen molar-refractivity contribution < 1.29 is 13.2 Å². The fourth-order valence-corrected chi connectivity index (χ4v) is 5.92. The lowest BCUT2D eigenvalue weighted by atomic mass is 9.69. The van der Waals surface area contributed by atoms with Crippen LogP contribution in [0.2, 0.25) is 0 Å². The van der Waals surface area contributed by atoms with Gasteiger partial charge in [0.05, 0.1) is 4.90 Å². The highest BCUT2D eigenvalue weighted by atomic mass is 32.2. The van der Waals surface area contributed by atoms with Crippen molar-refractivity contribution in [3.63, 3.8) is 0 Å². The number of hydrogen-bond donors (Lipinski definition) is 2. The topological polar surface area (TPSA) is 75.3 Å². The quantitative estimate of drug-likeness (QED) is 0.876. The second kappa shape index (κ2) is 5.56. The molecule has 0 radical (unpaired) electrons. The summed E-state index contributed by atoms with van der Waals surface area (Å²) in [5.74, 6) is 0.401. The van der Waals surface area contributed by atoms with Crippen LogP contribution in [0.4, 0.5) is 5.69 Å². The summed E-state index contributed by atoms with van der Waals surface area (Å²) in [5, 5.41) is 2.64. The van der Waals surface area contributed by atoms with Crippen molar-refractivity contribution in [3.05, 3.63) is 24.3 Å². The third-order valence-corrected chi connectivity index (χ3v) is 8.06. The van der Waals surface area contributed by atoms with Crippen molar-refractivity contribution in [2.24, 2.45) is 16.7 Å². The molecule has 0 unspecified atom stereocenters. The Labute approximate surface area is 144 Å². The van der Waals surface area contributed by atoms with E-state index in [0.717, 1.165) is 12.8 Å². The smallest absolute Gasteiger partial charge is 0.240 e. The first-order chi connectivity index (χ1) is 11.1. The summed E-state index contributed by atoms with van der Waals surface area (Å²) >= 11 is 0. The maximum atomic E-state index is 12.8. The van der Waals surface area contributed by atoms with Gasteiger partial charge in [0.25, 0.3) is 0 Å². The predicted octanol–water partition coefficient (Wildman–Crippen LogP) is 3.14. The van der Waals surface area contributed by atoms with Crippen LogP contribution in [-0.4, -0.2) is 20.4 Å². The Bertz CT molecular complexity index is 755. The van der Waals surface area contributed by atoms with E-state index in [4.69, 9.17) is 0 Å². The monoisotopic (exact) mass is 350 g/mol. The molecule has 6 heteroatoms. The molecular weight excluding hydrogens is 324 g/mol. The molecule has 24 heavy (non-hydrogen) atoms. The van der Waals surface area contributed by atoms with Crippen LogP contribution < -0.4 is 10.0 Å².